The van der Waals surface area contributed by atoms with Crippen molar-refractivity contribution in [3.63, 3.8) is 0 Å². The summed E-state index contributed by atoms with van der Waals surface area (Å²) in [5, 5.41) is 6.28. The van der Waals surface area contributed by atoms with E-state index in [4.69, 9.17) is 9.47 Å². The molecule has 1 aromatic carbocycles. The van der Waals surface area contributed by atoms with Crippen LogP contribution in [0.1, 0.15) is 18.1 Å². The van der Waals surface area contributed by atoms with Crippen LogP contribution >= 0.6 is 24.8 Å². The number of halogens is 2. The molecule has 2 rings (SSSR count). The summed E-state index contributed by atoms with van der Waals surface area (Å²) in [6.45, 7) is 9.28. The summed E-state index contributed by atoms with van der Waals surface area (Å²) in [5.41, 5.74) is 2.20. The molecule has 1 saturated heterocycles. The average Bonchev–Trinajstić information content (AvgIpc) is 2.61. The van der Waals surface area contributed by atoms with E-state index < -0.39 is 0 Å². The quantitative estimate of drug-likeness (QED) is 0.576. The first-order valence-electron chi connectivity index (χ1n) is 8.71. The molecule has 0 saturated carbocycles. The molecule has 26 heavy (non-hydrogen) atoms. The van der Waals surface area contributed by atoms with Crippen molar-refractivity contribution in [1.82, 2.24) is 15.5 Å². The lowest BCUT2D eigenvalue weighted by molar-refractivity contribution is -0.122. The molecule has 1 aliphatic heterocycles. The SMILES string of the molecule is CCOCCOCc1cccc(CNC(=O)CN2CCNCC2)c1.Cl.Cl. The van der Waals surface area contributed by atoms with Crippen molar-refractivity contribution in [2.24, 2.45) is 0 Å². The van der Waals surface area contributed by atoms with E-state index in [9.17, 15) is 4.79 Å². The van der Waals surface area contributed by atoms with Gasteiger partial charge in [0.2, 0.25) is 5.91 Å². The fraction of sp³-hybridized carbons (Fsp3) is 0.611. The predicted molar refractivity (Wildman–Crippen MR) is 108 cm³/mol. The highest BCUT2D eigenvalue weighted by Crippen LogP contribution is 2.07. The van der Waals surface area contributed by atoms with Gasteiger partial charge in [0.25, 0.3) is 0 Å². The van der Waals surface area contributed by atoms with Crippen LogP contribution in [0.15, 0.2) is 24.3 Å². The summed E-state index contributed by atoms with van der Waals surface area (Å²) in [4.78, 5) is 14.2. The van der Waals surface area contributed by atoms with Crippen molar-refractivity contribution in [3.05, 3.63) is 35.4 Å². The van der Waals surface area contributed by atoms with Crippen LogP contribution in [0.25, 0.3) is 0 Å². The molecular formula is C18H31Cl2N3O3. The van der Waals surface area contributed by atoms with Gasteiger partial charge in [0.15, 0.2) is 0 Å². The van der Waals surface area contributed by atoms with E-state index in [0.29, 0.717) is 39.5 Å². The molecule has 2 N–H and O–H groups in total. The maximum absolute atomic E-state index is 12.0. The Morgan fingerprint density at radius 1 is 1.15 bits per heavy atom. The Morgan fingerprint density at radius 3 is 2.58 bits per heavy atom. The minimum absolute atomic E-state index is 0. The molecule has 1 aromatic rings. The molecule has 1 heterocycles. The van der Waals surface area contributed by atoms with Crippen molar-refractivity contribution >= 4 is 30.7 Å². The summed E-state index contributed by atoms with van der Waals surface area (Å²) in [6.07, 6.45) is 0. The van der Waals surface area contributed by atoms with Gasteiger partial charge in [-0.2, -0.15) is 0 Å². The van der Waals surface area contributed by atoms with Crippen LogP contribution in [0.2, 0.25) is 0 Å². The third-order valence-electron chi connectivity index (χ3n) is 3.90. The largest absolute Gasteiger partial charge is 0.379 e. The topological polar surface area (TPSA) is 62.8 Å². The lowest BCUT2D eigenvalue weighted by atomic mass is 10.1. The van der Waals surface area contributed by atoms with E-state index in [2.05, 4.69) is 21.6 Å². The number of hydrogen-bond donors (Lipinski definition) is 2. The van der Waals surface area contributed by atoms with Crippen molar-refractivity contribution in [2.45, 2.75) is 20.1 Å². The zero-order valence-electron chi connectivity index (χ0n) is 15.4. The number of carbonyl (C=O) groups is 1. The van der Waals surface area contributed by atoms with Crippen LogP contribution in [0.3, 0.4) is 0 Å². The Hall–Kier alpha value is -0.890. The normalized spacial score (nSPS) is 14.2. The molecule has 150 valence electrons. The second-order valence-electron chi connectivity index (χ2n) is 5.87. The number of hydrogen-bond acceptors (Lipinski definition) is 5. The zero-order valence-corrected chi connectivity index (χ0v) is 17.0. The lowest BCUT2D eigenvalue weighted by Crippen LogP contribution is -2.47. The van der Waals surface area contributed by atoms with Gasteiger partial charge in [-0.05, 0) is 18.1 Å². The minimum Gasteiger partial charge on any atom is -0.379 e. The smallest absolute Gasteiger partial charge is 0.234 e. The van der Waals surface area contributed by atoms with Gasteiger partial charge in [0, 0.05) is 39.3 Å². The van der Waals surface area contributed by atoms with Crippen LogP contribution in [0.5, 0.6) is 0 Å². The van der Waals surface area contributed by atoms with E-state index in [-0.39, 0.29) is 30.7 Å². The van der Waals surface area contributed by atoms with Gasteiger partial charge in [-0.3, -0.25) is 9.69 Å². The van der Waals surface area contributed by atoms with Crippen molar-refractivity contribution in [1.29, 1.82) is 0 Å². The first-order valence-corrected chi connectivity index (χ1v) is 8.71. The Labute approximate surface area is 168 Å². The highest BCUT2D eigenvalue weighted by molar-refractivity contribution is 5.85. The van der Waals surface area contributed by atoms with E-state index in [0.717, 1.165) is 37.3 Å². The van der Waals surface area contributed by atoms with E-state index in [1.54, 1.807) is 0 Å². The summed E-state index contributed by atoms with van der Waals surface area (Å²) in [6, 6.07) is 8.13. The maximum atomic E-state index is 12.0. The monoisotopic (exact) mass is 407 g/mol. The molecule has 6 nitrogen and oxygen atoms in total. The van der Waals surface area contributed by atoms with Gasteiger partial charge in [0.1, 0.15) is 0 Å². The first-order chi connectivity index (χ1) is 11.8. The second kappa shape index (κ2) is 15.2. The van der Waals surface area contributed by atoms with Gasteiger partial charge in [-0.1, -0.05) is 24.3 Å². The van der Waals surface area contributed by atoms with E-state index in [1.165, 1.54) is 0 Å². The minimum atomic E-state index is 0. The number of amides is 1. The Bertz CT molecular complexity index is 500. The van der Waals surface area contributed by atoms with Gasteiger partial charge < -0.3 is 20.1 Å². The zero-order chi connectivity index (χ0) is 17.0. The van der Waals surface area contributed by atoms with Gasteiger partial charge in [-0.15, -0.1) is 24.8 Å². The fourth-order valence-electron chi connectivity index (χ4n) is 2.61. The van der Waals surface area contributed by atoms with Crippen LogP contribution in [0, 0.1) is 0 Å². The number of rotatable bonds is 10. The molecule has 0 spiro atoms. The lowest BCUT2D eigenvalue weighted by Gasteiger charge is -2.26. The van der Waals surface area contributed by atoms with Crippen LogP contribution < -0.4 is 10.6 Å². The summed E-state index contributed by atoms with van der Waals surface area (Å²) < 4.78 is 10.8. The third kappa shape index (κ3) is 10.3. The third-order valence-corrected chi connectivity index (χ3v) is 3.90. The standard InChI is InChI=1S/C18H29N3O3.2ClH/c1-2-23-10-11-24-15-17-5-3-4-16(12-17)13-20-18(22)14-21-8-6-19-7-9-21;;/h3-5,12,19H,2,6-11,13-15H2,1H3,(H,20,22);2*1H. The highest BCUT2D eigenvalue weighted by Gasteiger charge is 2.13. The van der Waals surface area contributed by atoms with Gasteiger partial charge >= 0.3 is 0 Å². The van der Waals surface area contributed by atoms with Crippen LogP contribution in [0.4, 0.5) is 0 Å². The maximum Gasteiger partial charge on any atom is 0.234 e. The first kappa shape index (κ1) is 25.1. The molecule has 8 heteroatoms. The Balaban J connectivity index is 0.00000312. The molecular weight excluding hydrogens is 377 g/mol. The van der Waals surface area contributed by atoms with Crippen molar-refractivity contribution in [3.8, 4) is 0 Å². The fourth-order valence-corrected chi connectivity index (χ4v) is 2.61. The summed E-state index contributed by atoms with van der Waals surface area (Å²) in [5.74, 6) is 0.0790. The highest BCUT2D eigenvalue weighted by atomic mass is 35.5. The molecule has 0 atom stereocenters. The van der Waals surface area contributed by atoms with Gasteiger partial charge in [0.05, 0.1) is 26.4 Å². The van der Waals surface area contributed by atoms with Gasteiger partial charge in [-0.25, -0.2) is 0 Å². The van der Waals surface area contributed by atoms with Crippen molar-refractivity contribution < 1.29 is 14.3 Å². The van der Waals surface area contributed by atoms with Crippen LogP contribution in [-0.2, 0) is 27.4 Å². The Morgan fingerprint density at radius 2 is 1.85 bits per heavy atom. The second-order valence-corrected chi connectivity index (χ2v) is 5.87. The molecule has 0 unspecified atom stereocenters. The predicted octanol–water partition coefficient (Wildman–Crippen LogP) is 1.60. The molecule has 1 aliphatic rings. The molecule has 0 bridgehead atoms. The average molecular weight is 408 g/mol. The molecule has 0 radical (unpaired) electrons. The number of nitrogens with one attached hydrogen (secondary N) is 2. The number of benzene rings is 1. The van der Waals surface area contributed by atoms with Crippen molar-refractivity contribution in [2.75, 3.05) is 52.5 Å². The number of piperazine rings is 1. The molecule has 1 amide bonds. The summed E-state index contributed by atoms with van der Waals surface area (Å²) in [7, 11) is 0. The summed E-state index contributed by atoms with van der Waals surface area (Å²) >= 11 is 0. The molecule has 1 fully saturated rings. The molecule has 0 aliphatic carbocycles. The number of nitrogens with zero attached hydrogens (tertiary/aromatic N) is 1. The van der Waals surface area contributed by atoms with E-state index in [1.807, 2.05) is 25.1 Å². The molecule has 0 aromatic heterocycles. The Kier molecular flexibility index (Phi) is 14.7. The number of carbonyl (C=O) groups excluding carboxylic acids is 1. The van der Waals surface area contributed by atoms with Crippen LogP contribution in [-0.4, -0.2) is 63.4 Å². The number of ether oxygens (including phenoxy) is 2. The van der Waals surface area contributed by atoms with E-state index >= 15 is 0 Å².